The molecule has 6 nitrogen and oxygen atoms in total. The lowest BCUT2D eigenvalue weighted by Gasteiger charge is -2.13. The van der Waals surface area contributed by atoms with Crippen molar-refractivity contribution in [2.24, 2.45) is 0 Å². The minimum atomic E-state index is -0.661. The van der Waals surface area contributed by atoms with Crippen LogP contribution in [0, 0.1) is 6.92 Å². The number of aryl methyl sites for hydroxylation is 1. The van der Waals surface area contributed by atoms with Crippen LogP contribution >= 0.6 is 0 Å². The van der Waals surface area contributed by atoms with Gasteiger partial charge >= 0.3 is 11.9 Å². The van der Waals surface area contributed by atoms with E-state index in [0.717, 1.165) is 0 Å². The van der Waals surface area contributed by atoms with Crippen LogP contribution in [-0.2, 0) is 9.47 Å². The maximum Gasteiger partial charge on any atom is 0.359 e. The van der Waals surface area contributed by atoms with Gasteiger partial charge in [0.1, 0.15) is 0 Å². The summed E-state index contributed by atoms with van der Waals surface area (Å²) in [7, 11) is 2.52. The summed E-state index contributed by atoms with van der Waals surface area (Å²) < 4.78 is 9.50. The van der Waals surface area contributed by atoms with E-state index in [2.05, 4.69) is 10.2 Å². The molecule has 0 aliphatic carbocycles. The first-order chi connectivity index (χ1) is 10.1. The standard InChI is InChI=1S/C15H14N2O4/c1-9-11(14(18)20-2)12(10-7-5-4-6-8-10)13(17-16-9)15(19)21-3/h4-8H,1-3H3. The Labute approximate surface area is 121 Å². The summed E-state index contributed by atoms with van der Waals surface area (Å²) in [4.78, 5) is 24.0. The molecule has 0 atom stereocenters. The Balaban J connectivity index is 2.81. The highest BCUT2D eigenvalue weighted by atomic mass is 16.5. The summed E-state index contributed by atoms with van der Waals surface area (Å²) in [5.41, 5.74) is 1.60. The van der Waals surface area contributed by atoms with Crippen molar-refractivity contribution >= 4 is 11.9 Å². The van der Waals surface area contributed by atoms with Gasteiger partial charge in [-0.1, -0.05) is 30.3 Å². The molecule has 0 unspecified atom stereocenters. The third kappa shape index (κ3) is 2.74. The first-order valence-electron chi connectivity index (χ1n) is 6.19. The molecule has 0 aliphatic rings. The molecule has 1 heterocycles. The molecule has 0 amide bonds. The highest BCUT2D eigenvalue weighted by Gasteiger charge is 2.26. The number of esters is 2. The van der Waals surface area contributed by atoms with Gasteiger partial charge in [0, 0.05) is 5.56 Å². The molecule has 0 saturated carbocycles. The van der Waals surface area contributed by atoms with Crippen molar-refractivity contribution in [3.63, 3.8) is 0 Å². The molecule has 2 rings (SSSR count). The number of aromatic nitrogens is 2. The Morgan fingerprint density at radius 3 is 2.14 bits per heavy atom. The third-order valence-electron chi connectivity index (χ3n) is 2.98. The van der Waals surface area contributed by atoms with Crippen molar-refractivity contribution in [3.05, 3.63) is 47.3 Å². The summed E-state index contributed by atoms with van der Waals surface area (Å²) in [6, 6.07) is 8.98. The van der Waals surface area contributed by atoms with Gasteiger partial charge in [0.05, 0.1) is 25.5 Å². The number of hydrogen-bond acceptors (Lipinski definition) is 6. The van der Waals surface area contributed by atoms with Gasteiger partial charge in [0.2, 0.25) is 0 Å². The number of benzene rings is 1. The minimum absolute atomic E-state index is 0.0188. The number of methoxy groups -OCH3 is 2. The van der Waals surface area contributed by atoms with Gasteiger partial charge in [0.25, 0.3) is 0 Å². The maximum absolute atomic E-state index is 12.0. The van der Waals surface area contributed by atoms with E-state index in [-0.39, 0.29) is 11.3 Å². The lowest BCUT2D eigenvalue weighted by Crippen LogP contribution is -2.16. The van der Waals surface area contributed by atoms with Crippen molar-refractivity contribution in [2.45, 2.75) is 6.92 Å². The number of hydrogen-bond donors (Lipinski definition) is 0. The molecule has 0 saturated heterocycles. The molecule has 0 fully saturated rings. The van der Waals surface area contributed by atoms with E-state index in [1.54, 1.807) is 31.2 Å². The molecule has 0 N–H and O–H groups in total. The molecule has 0 bridgehead atoms. The number of carbonyl (C=O) groups excluding carboxylic acids is 2. The van der Waals surface area contributed by atoms with Crippen LogP contribution in [0.1, 0.15) is 26.5 Å². The fourth-order valence-electron chi connectivity index (χ4n) is 2.00. The van der Waals surface area contributed by atoms with Gasteiger partial charge in [-0.15, -0.1) is 5.10 Å². The average molecular weight is 286 g/mol. The Bertz CT molecular complexity index is 684. The fraction of sp³-hybridized carbons (Fsp3) is 0.200. The van der Waals surface area contributed by atoms with E-state index >= 15 is 0 Å². The van der Waals surface area contributed by atoms with E-state index in [4.69, 9.17) is 9.47 Å². The van der Waals surface area contributed by atoms with Crippen LogP contribution in [0.4, 0.5) is 0 Å². The van der Waals surface area contributed by atoms with E-state index in [0.29, 0.717) is 16.8 Å². The molecule has 1 aromatic heterocycles. The Hall–Kier alpha value is -2.76. The van der Waals surface area contributed by atoms with Crippen LogP contribution in [0.3, 0.4) is 0 Å². The molecular weight excluding hydrogens is 272 g/mol. The predicted octanol–water partition coefficient (Wildman–Crippen LogP) is 2.03. The second-order valence-electron chi connectivity index (χ2n) is 4.23. The zero-order valence-electron chi connectivity index (χ0n) is 11.9. The van der Waals surface area contributed by atoms with Crippen LogP contribution in [0.5, 0.6) is 0 Å². The van der Waals surface area contributed by atoms with Gasteiger partial charge in [-0.05, 0) is 12.5 Å². The van der Waals surface area contributed by atoms with Gasteiger partial charge in [-0.2, -0.15) is 5.10 Å². The molecule has 1 aromatic carbocycles. The zero-order valence-corrected chi connectivity index (χ0v) is 11.9. The summed E-state index contributed by atoms with van der Waals surface area (Å²) in [5.74, 6) is -1.24. The first-order valence-corrected chi connectivity index (χ1v) is 6.19. The van der Waals surface area contributed by atoms with Crippen molar-refractivity contribution < 1.29 is 19.1 Å². The Morgan fingerprint density at radius 1 is 0.952 bits per heavy atom. The topological polar surface area (TPSA) is 78.4 Å². The minimum Gasteiger partial charge on any atom is -0.465 e. The van der Waals surface area contributed by atoms with Crippen molar-refractivity contribution in [3.8, 4) is 11.1 Å². The summed E-state index contributed by atoms with van der Waals surface area (Å²) >= 11 is 0. The maximum atomic E-state index is 12.0. The van der Waals surface area contributed by atoms with Crippen LogP contribution in [0.15, 0.2) is 30.3 Å². The van der Waals surface area contributed by atoms with E-state index < -0.39 is 11.9 Å². The molecule has 6 heteroatoms. The summed E-state index contributed by atoms with van der Waals surface area (Å²) in [6.45, 7) is 1.63. The number of ether oxygens (including phenoxy) is 2. The highest BCUT2D eigenvalue weighted by Crippen LogP contribution is 2.28. The summed E-state index contributed by atoms with van der Waals surface area (Å²) in [6.07, 6.45) is 0. The quantitative estimate of drug-likeness (QED) is 0.803. The second-order valence-corrected chi connectivity index (χ2v) is 4.23. The van der Waals surface area contributed by atoms with Gasteiger partial charge < -0.3 is 9.47 Å². The molecule has 108 valence electrons. The smallest absolute Gasteiger partial charge is 0.359 e. The molecule has 0 spiro atoms. The van der Waals surface area contributed by atoms with E-state index in [9.17, 15) is 9.59 Å². The van der Waals surface area contributed by atoms with Crippen LogP contribution < -0.4 is 0 Å². The van der Waals surface area contributed by atoms with Crippen LogP contribution in [0.25, 0.3) is 11.1 Å². The molecule has 2 aromatic rings. The van der Waals surface area contributed by atoms with Gasteiger partial charge in [-0.3, -0.25) is 0 Å². The summed E-state index contributed by atoms with van der Waals surface area (Å²) in [5, 5.41) is 7.72. The average Bonchev–Trinajstić information content (AvgIpc) is 2.53. The van der Waals surface area contributed by atoms with Crippen LogP contribution in [0.2, 0.25) is 0 Å². The van der Waals surface area contributed by atoms with Crippen LogP contribution in [-0.4, -0.2) is 36.4 Å². The molecule has 21 heavy (non-hydrogen) atoms. The largest absolute Gasteiger partial charge is 0.465 e. The Morgan fingerprint density at radius 2 is 1.57 bits per heavy atom. The third-order valence-corrected chi connectivity index (χ3v) is 2.98. The van der Waals surface area contributed by atoms with E-state index in [1.807, 2.05) is 6.07 Å². The SMILES string of the molecule is COC(=O)c1nnc(C)c(C(=O)OC)c1-c1ccccc1. The Kier molecular flexibility index (Phi) is 4.27. The van der Waals surface area contributed by atoms with Gasteiger partial charge in [0.15, 0.2) is 5.69 Å². The number of nitrogens with zero attached hydrogens (tertiary/aromatic N) is 2. The van der Waals surface area contributed by atoms with Crippen molar-refractivity contribution in [1.82, 2.24) is 10.2 Å². The first kappa shape index (κ1) is 14.6. The number of rotatable bonds is 3. The molecule has 0 aliphatic heterocycles. The molecule has 0 radical (unpaired) electrons. The predicted molar refractivity (Wildman–Crippen MR) is 74.9 cm³/mol. The van der Waals surface area contributed by atoms with E-state index in [1.165, 1.54) is 14.2 Å². The normalized spacial score (nSPS) is 10.0. The van der Waals surface area contributed by atoms with Gasteiger partial charge in [-0.25, -0.2) is 9.59 Å². The van der Waals surface area contributed by atoms with Crippen molar-refractivity contribution in [2.75, 3.05) is 14.2 Å². The number of carbonyl (C=O) groups is 2. The fourth-order valence-corrected chi connectivity index (χ4v) is 2.00. The highest BCUT2D eigenvalue weighted by molar-refractivity contribution is 6.05. The second kappa shape index (κ2) is 6.13. The van der Waals surface area contributed by atoms with Crippen molar-refractivity contribution in [1.29, 1.82) is 0 Å². The lowest BCUT2D eigenvalue weighted by molar-refractivity contribution is 0.0592. The lowest BCUT2D eigenvalue weighted by atomic mass is 9.97. The zero-order chi connectivity index (χ0) is 15.4. The monoisotopic (exact) mass is 286 g/mol. The molecular formula is C15H14N2O4.